The van der Waals surface area contributed by atoms with Crippen LogP contribution in [0, 0.1) is 0 Å². The fraction of sp³-hybridized carbons (Fsp3) is 0.875. The van der Waals surface area contributed by atoms with Crippen molar-refractivity contribution in [2.75, 3.05) is 6.61 Å². The molecule has 4 nitrogen and oxygen atoms in total. The van der Waals surface area contributed by atoms with Crippen molar-refractivity contribution in [2.24, 2.45) is 0 Å². The third-order valence-corrected chi connectivity index (χ3v) is 12.6. The standard InChI is InChI=1S/C56H107NO3/c1-3-5-7-9-11-13-15-17-19-20-21-22-23-24-25-26-27-28-29-30-31-32-33-34-35-36-38-39-41-43-45-47-49-51-55(59)54(53-58)57-56(60)52-50-48-46-44-42-40-37-18-16-14-12-10-8-6-4-2/h18,37,41,43,49,51,54-55,58-59H,3-17,19-36,38-40,42,44-48,50,52-53H2,1-2H3,(H,57,60)/b37-18-,43-41+,51-49+. The highest BCUT2D eigenvalue weighted by Crippen LogP contribution is 2.17. The highest BCUT2D eigenvalue weighted by Gasteiger charge is 2.17. The Balaban J connectivity index is 3.48. The Morgan fingerprint density at radius 2 is 0.650 bits per heavy atom. The molecule has 0 heterocycles. The number of amides is 1. The number of carbonyl (C=O) groups is 1. The van der Waals surface area contributed by atoms with E-state index < -0.39 is 12.1 Å². The van der Waals surface area contributed by atoms with Crippen LogP contribution >= 0.6 is 0 Å². The molecule has 0 aliphatic rings. The van der Waals surface area contributed by atoms with E-state index in [0.717, 1.165) is 44.9 Å². The number of aliphatic hydroxyl groups excluding tert-OH is 2. The Kier molecular flexibility index (Phi) is 50.8. The first-order valence-corrected chi connectivity index (χ1v) is 27.2. The van der Waals surface area contributed by atoms with Gasteiger partial charge in [-0.15, -0.1) is 0 Å². The van der Waals surface area contributed by atoms with Gasteiger partial charge in [-0.25, -0.2) is 0 Å². The first-order chi connectivity index (χ1) is 29.7. The zero-order valence-electron chi connectivity index (χ0n) is 40.7. The smallest absolute Gasteiger partial charge is 0.220 e. The largest absolute Gasteiger partial charge is 0.394 e. The van der Waals surface area contributed by atoms with Crippen LogP contribution in [0.15, 0.2) is 36.5 Å². The third kappa shape index (κ3) is 47.7. The molecule has 0 aromatic carbocycles. The van der Waals surface area contributed by atoms with Gasteiger partial charge in [-0.3, -0.25) is 4.79 Å². The maximum atomic E-state index is 12.4. The number of aliphatic hydroxyl groups is 2. The molecule has 2 atom stereocenters. The number of carbonyl (C=O) groups excluding carboxylic acids is 1. The van der Waals surface area contributed by atoms with E-state index in [4.69, 9.17) is 0 Å². The van der Waals surface area contributed by atoms with Gasteiger partial charge in [0.1, 0.15) is 0 Å². The molecule has 2 unspecified atom stereocenters. The van der Waals surface area contributed by atoms with E-state index in [1.165, 1.54) is 231 Å². The molecule has 4 heteroatoms. The second kappa shape index (κ2) is 52.0. The summed E-state index contributed by atoms with van der Waals surface area (Å²) >= 11 is 0. The molecule has 0 aromatic rings. The number of hydrogen-bond acceptors (Lipinski definition) is 3. The monoisotopic (exact) mass is 842 g/mol. The lowest BCUT2D eigenvalue weighted by atomic mass is 10.0. The summed E-state index contributed by atoms with van der Waals surface area (Å²) in [5, 5.41) is 23.1. The SMILES string of the molecule is CCCCCCCC/C=C\CCCCCCCC(=O)NC(CO)C(O)/C=C/CC/C=C/CCCCCCCCCCCCCCCCCCCCCCCCCCCCC. The number of nitrogens with one attached hydrogen (secondary N) is 1. The van der Waals surface area contributed by atoms with Crippen molar-refractivity contribution in [3.8, 4) is 0 Å². The molecule has 0 bridgehead atoms. The van der Waals surface area contributed by atoms with E-state index in [1.54, 1.807) is 6.08 Å². The fourth-order valence-electron chi connectivity index (χ4n) is 8.43. The quantitative estimate of drug-likeness (QED) is 0.0422. The third-order valence-electron chi connectivity index (χ3n) is 12.6. The molecule has 0 saturated heterocycles. The molecular formula is C56H107NO3. The lowest BCUT2D eigenvalue weighted by Crippen LogP contribution is -2.45. The molecule has 0 aromatic heterocycles. The highest BCUT2D eigenvalue weighted by molar-refractivity contribution is 5.76. The highest BCUT2D eigenvalue weighted by atomic mass is 16.3. The van der Waals surface area contributed by atoms with Crippen molar-refractivity contribution in [3.63, 3.8) is 0 Å². The first-order valence-electron chi connectivity index (χ1n) is 27.2. The van der Waals surface area contributed by atoms with Gasteiger partial charge in [-0.1, -0.05) is 269 Å². The van der Waals surface area contributed by atoms with Gasteiger partial charge in [-0.05, 0) is 57.8 Å². The zero-order valence-corrected chi connectivity index (χ0v) is 40.7. The molecule has 0 aliphatic heterocycles. The van der Waals surface area contributed by atoms with E-state index >= 15 is 0 Å². The average Bonchev–Trinajstić information content (AvgIpc) is 3.25. The molecule has 0 fully saturated rings. The minimum absolute atomic E-state index is 0.0803. The van der Waals surface area contributed by atoms with Crippen LogP contribution in [0.3, 0.4) is 0 Å². The lowest BCUT2D eigenvalue weighted by Gasteiger charge is -2.19. The molecule has 3 N–H and O–H groups in total. The van der Waals surface area contributed by atoms with E-state index in [1.807, 2.05) is 6.08 Å². The normalized spacial score (nSPS) is 13.1. The Morgan fingerprint density at radius 1 is 0.383 bits per heavy atom. The van der Waals surface area contributed by atoms with Gasteiger partial charge in [0, 0.05) is 6.42 Å². The Labute approximate surface area is 376 Å². The van der Waals surface area contributed by atoms with E-state index in [2.05, 4.69) is 43.5 Å². The molecule has 1 amide bonds. The predicted octanol–water partition coefficient (Wildman–Crippen LogP) is 17.7. The number of rotatable bonds is 50. The maximum Gasteiger partial charge on any atom is 0.220 e. The van der Waals surface area contributed by atoms with Gasteiger partial charge in [0.15, 0.2) is 0 Å². The van der Waals surface area contributed by atoms with Gasteiger partial charge >= 0.3 is 0 Å². The Hall–Kier alpha value is -1.39. The van der Waals surface area contributed by atoms with E-state index in [0.29, 0.717) is 6.42 Å². The summed E-state index contributed by atoms with van der Waals surface area (Å²) in [7, 11) is 0. The van der Waals surface area contributed by atoms with Crippen molar-refractivity contribution in [1.29, 1.82) is 0 Å². The molecule has 354 valence electrons. The minimum Gasteiger partial charge on any atom is -0.394 e. The predicted molar refractivity (Wildman–Crippen MR) is 267 cm³/mol. The van der Waals surface area contributed by atoms with E-state index in [9.17, 15) is 15.0 Å². The summed E-state index contributed by atoms with van der Waals surface area (Å²) in [6.07, 6.45) is 70.3. The van der Waals surface area contributed by atoms with Crippen molar-refractivity contribution in [2.45, 2.75) is 309 Å². The number of hydrogen-bond donors (Lipinski definition) is 3. The fourth-order valence-corrected chi connectivity index (χ4v) is 8.43. The summed E-state index contributed by atoms with van der Waals surface area (Å²) in [5.74, 6) is -0.0803. The first kappa shape index (κ1) is 58.6. The maximum absolute atomic E-state index is 12.4. The summed E-state index contributed by atoms with van der Waals surface area (Å²) in [5.41, 5.74) is 0. The van der Waals surface area contributed by atoms with Crippen molar-refractivity contribution >= 4 is 5.91 Å². The summed E-state index contributed by atoms with van der Waals surface area (Å²) in [6.45, 7) is 4.31. The summed E-state index contributed by atoms with van der Waals surface area (Å²) in [6, 6.07) is -0.643. The van der Waals surface area contributed by atoms with Gasteiger partial charge in [-0.2, -0.15) is 0 Å². The average molecular weight is 842 g/mol. The van der Waals surface area contributed by atoms with Crippen LogP contribution < -0.4 is 5.32 Å². The number of unbranched alkanes of at least 4 members (excludes halogenated alkanes) is 39. The van der Waals surface area contributed by atoms with Crippen molar-refractivity contribution in [3.05, 3.63) is 36.5 Å². The second-order valence-corrected chi connectivity index (χ2v) is 18.6. The van der Waals surface area contributed by atoms with Crippen LogP contribution in [-0.2, 0) is 4.79 Å². The molecule has 0 aliphatic carbocycles. The molecule has 0 radical (unpaired) electrons. The van der Waals surface area contributed by atoms with Gasteiger partial charge in [0.2, 0.25) is 5.91 Å². The second-order valence-electron chi connectivity index (χ2n) is 18.6. The molecule has 0 saturated carbocycles. The van der Waals surface area contributed by atoms with Crippen LogP contribution in [-0.4, -0.2) is 34.9 Å². The topological polar surface area (TPSA) is 69.6 Å². The van der Waals surface area contributed by atoms with Gasteiger partial charge in [0.25, 0.3) is 0 Å². The minimum atomic E-state index is -0.865. The van der Waals surface area contributed by atoms with Crippen LogP contribution in [0.2, 0.25) is 0 Å². The lowest BCUT2D eigenvalue weighted by molar-refractivity contribution is -0.123. The molecule has 0 rings (SSSR count). The van der Waals surface area contributed by atoms with Crippen LogP contribution in [0.1, 0.15) is 296 Å². The molecule has 60 heavy (non-hydrogen) atoms. The van der Waals surface area contributed by atoms with Crippen molar-refractivity contribution in [1.82, 2.24) is 5.32 Å². The van der Waals surface area contributed by atoms with Crippen LogP contribution in [0.5, 0.6) is 0 Å². The summed E-state index contributed by atoms with van der Waals surface area (Å²) in [4.78, 5) is 12.4. The van der Waals surface area contributed by atoms with Crippen LogP contribution in [0.25, 0.3) is 0 Å². The zero-order chi connectivity index (χ0) is 43.5. The Bertz CT molecular complexity index is 912. The van der Waals surface area contributed by atoms with E-state index in [-0.39, 0.29) is 12.5 Å². The van der Waals surface area contributed by atoms with Crippen molar-refractivity contribution < 1.29 is 15.0 Å². The number of allylic oxidation sites excluding steroid dienone is 5. The Morgan fingerprint density at radius 3 is 0.967 bits per heavy atom. The molecular weight excluding hydrogens is 735 g/mol. The van der Waals surface area contributed by atoms with Gasteiger partial charge in [0.05, 0.1) is 18.8 Å². The molecule has 0 spiro atoms. The van der Waals surface area contributed by atoms with Gasteiger partial charge < -0.3 is 15.5 Å². The van der Waals surface area contributed by atoms with Crippen LogP contribution in [0.4, 0.5) is 0 Å². The summed E-state index contributed by atoms with van der Waals surface area (Å²) < 4.78 is 0.